The van der Waals surface area contributed by atoms with Gasteiger partial charge in [-0.25, -0.2) is 9.97 Å². The maximum absolute atomic E-state index is 11.3. The van der Waals surface area contributed by atoms with Crippen molar-refractivity contribution < 1.29 is 0 Å². The van der Waals surface area contributed by atoms with E-state index in [1.807, 2.05) is 0 Å². The standard InChI is InChI=1S/C7H7N5O/c1-3-2-9-5-4(10-3)6(13)12-7(8)11-5/h2H,1H3,(H3,8,9,11,12,13). The first-order valence-corrected chi connectivity index (χ1v) is 3.66. The molecule has 6 nitrogen and oxygen atoms in total. The lowest BCUT2D eigenvalue weighted by Gasteiger charge is -1.96. The van der Waals surface area contributed by atoms with Gasteiger partial charge in [0.15, 0.2) is 11.2 Å². The van der Waals surface area contributed by atoms with Crippen LogP contribution in [0.4, 0.5) is 5.95 Å². The van der Waals surface area contributed by atoms with Gasteiger partial charge in [0.1, 0.15) is 0 Å². The largest absolute Gasteiger partial charge is 0.369 e. The van der Waals surface area contributed by atoms with Gasteiger partial charge in [-0.3, -0.25) is 9.78 Å². The van der Waals surface area contributed by atoms with Gasteiger partial charge in [-0.15, -0.1) is 0 Å². The first-order chi connectivity index (χ1) is 6.16. The van der Waals surface area contributed by atoms with Gasteiger partial charge in [0.05, 0.1) is 11.9 Å². The van der Waals surface area contributed by atoms with E-state index in [1.165, 1.54) is 6.20 Å². The summed E-state index contributed by atoms with van der Waals surface area (Å²) >= 11 is 0. The lowest BCUT2D eigenvalue weighted by Crippen LogP contribution is -2.13. The van der Waals surface area contributed by atoms with Gasteiger partial charge in [0.2, 0.25) is 5.95 Å². The molecule has 6 heteroatoms. The third-order valence-electron chi connectivity index (χ3n) is 1.56. The second-order valence-corrected chi connectivity index (χ2v) is 2.63. The Morgan fingerprint density at radius 1 is 1.46 bits per heavy atom. The SMILES string of the molecule is Cc1cnc2nc(N)[nH]c(=O)c2n1. The van der Waals surface area contributed by atoms with E-state index in [1.54, 1.807) is 6.92 Å². The van der Waals surface area contributed by atoms with Crippen LogP contribution in [-0.2, 0) is 0 Å². The van der Waals surface area contributed by atoms with Crippen molar-refractivity contribution in [3.05, 3.63) is 22.2 Å². The Morgan fingerprint density at radius 2 is 2.23 bits per heavy atom. The molecule has 0 amide bonds. The fraction of sp³-hybridized carbons (Fsp3) is 0.143. The zero-order valence-electron chi connectivity index (χ0n) is 6.90. The number of H-pyrrole nitrogens is 1. The number of aromatic nitrogens is 4. The van der Waals surface area contributed by atoms with E-state index < -0.39 is 0 Å². The summed E-state index contributed by atoms with van der Waals surface area (Å²) in [6.45, 7) is 1.75. The zero-order valence-corrected chi connectivity index (χ0v) is 6.90. The summed E-state index contributed by atoms with van der Waals surface area (Å²) in [6.07, 6.45) is 1.54. The first kappa shape index (κ1) is 7.66. The molecule has 0 spiro atoms. The average Bonchev–Trinajstić information content (AvgIpc) is 2.06. The lowest BCUT2D eigenvalue weighted by atomic mass is 10.4. The van der Waals surface area contributed by atoms with Crippen molar-refractivity contribution in [1.29, 1.82) is 0 Å². The molecule has 0 bridgehead atoms. The van der Waals surface area contributed by atoms with E-state index in [0.717, 1.165) is 0 Å². The summed E-state index contributed by atoms with van der Waals surface area (Å²) in [5, 5.41) is 0. The number of aromatic amines is 1. The predicted molar refractivity (Wildman–Crippen MR) is 47.1 cm³/mol. The molecule has 0 fully saturated rings. The molecule has 2 aromatic heterocycles. The van der Waals surface area contributed by atoms with Crippen molar-refractivity contribution in [3.8, 4) is 0 Å². The second-order valence-electron chi connectivity index (χ2n) is 2.63. The molecule has 0 saturated carbocycles. The van der Waals surface area contributed by atoms with E-state index >= 15 is 0 Å². The van der Waals surface area contributed by atoms with Crippen LogP contribution in [0.5, 0.6) is 0 Å². The van der Waals surface area contributed by atoms with Gasteiger partial charge in [-0.05, 0) is 6.92 Å². The number of fused-ring (bicyclic) bond motifs is 1. The van der Waals surface area contributed by atoms with Crippen LogP contribution < -0.4 is 11.3 Å². The van der Waals surface area contributed by atoms with Crippen LogP contribution in [-0.4, -0.2) is 19.9 Å². The third-order valence-corrected chi connectivity index (χ3v) is 1.56. The topological polar surface area (TPSA) is 97.5 Å². The number of nitrogens with one attached hydrogen (secondary N) is 1. The van der Waals surface area contributed by atoms with Gasteiger partial charge in [0.25, 0.3) is 5.56 Å². The highest BCUT2D eigenvalue weighted by Gasteiger charge is 2.03. The normalized spacial score (nSPS) is 10.5. The highest BCUT2D eigenvalue weighted by atomic mass is 16.1. The Morgan fingerprint density at radius 3 is 3.00 bits per heavy atom. The van der Waals surface area contributed by atoms with Gasteiger partial charge in [-0.1, -0.05) is 0 Å². The van der Waals surface area contributed by atoms with E-state index in [0.29, 0.717) is 5.69 Å². The van der Waals surface area contributed by atoms with Gasteiger partial charge >= 0.3 is 0 Å². The molecule has 0 aliphatic carbocycles. The molecule has 13 heavy (non-hydrogen) atoms. The van der Waals surface area contributed by atoms with Gasteiger partial charge in [-0.2, -0.15) is 4.98 Å². The number of hydrogen-bond acceptors (Lipinski definition) is 5. The van der Waals surface area contributed by atoms with Gasteiger partial charge in [0, 0.05) is 0 Å². The fourth-order valence-corrected chi connectivity index (χ4v) is 1.02. The van der Waals surface area contributed by atoms with Crippen molar-refractivity contribution in [2.75, 3.05) is 5.73 Å². The molecular weight excluding hydrogens is 170 g/mol. The number of nitrogens with two attached hydrogens (primary N) is 1. The molecule has 3 N–H and O–H groups in total. The van der Waals surface area contributed by atoms with Crippen LogP contribution in [0, 0.1) is 6.92 Å². The van der Waals surface area contributed by atoms with Crippen molar-refractivity contribution in [2.45, 2.75) is 6.92 Å². The molecular formula is C7H7N5O. The monoisotopic (exact) mass is 177 g/mol. The number of nitrogen functional groups attached to an aromatic ring is 1. The zero-order chi connectivity index (χ0) is 9.42. The van der Waals surface area contributed by atoms with Crippen LogP contribution in [0.1, 0.15) is 5.69 Å². The van der Waals surface area contributed by atoms with Crippen molar-refractivity contribution >= 4 is 17.1 Å². The third kappa shape index (κ3) is 1.22. The molecule has 2 rings (SSSR count). The maximum atomic E-state index is 11.3. The fourth-order valence-electron chi connectivity index (χ4n) is 1.02. The molecule has 0 saturated heterocycles. The minimum atomic E-state index is -0.362. The van der Waals surface area contributed by atoms with Crippen molar-refractivity contribution in [2.24, 2.45) is 0 Å². The quantitative estimate of drug-likeness (QED) is 0.570. The Kier molecular flexibility index (Phi) is 1.48. The van der Waals surface area contributed by atoms with E-state index in [9.17, 15) is 4.79 Å². The van der Waals surface area contributed by atoms with Crippen LogP contribution in [0.3, 0.4) is 0 Å². The van der Waals surface area contributed by atoms with Crippen LogP contribution in [0.2, 0.25) is 0 Å². The maximum Gasteiger partial charge on any atom is 0.280 e. The van der Waals surface area contributed by atoms with Crippen LogP contribution in [0.25, 0.3) is 11.2 Å². The van der Waals surface area contributed by atoms with E-state index in [-0.39, 0.29) is 22.7 Å². The Bertz CT molecular complexity index is 518. The molecule has 2 aromatic rings. The Balaban J connectivity index is 2.95. The van der Waals surface area contributed by atoms with Gasteiger partial charge < -0.3 is 5.73 Å². The molecule has 66 valence electrons. The molecule has 0 radical (unpaired) electrons. The summed E-state index contributed by atoms with van der Waals surface area (Å²) in [7, 11) is 0. The molecule has 0 unspecified atom stereocenters. The summed E-state index contributed by atoms with van der Waals surface area (Å²) < 4.78 is 0. The lowest BCUT2D eigenvalue weighted by molar-refractivity contribution is 1.09. The average molecular weight is 177 g/mol. The number of anilines is 1. The summed E-state index contributed by atoms with van der Waals surface area (Å²) in [5.41, 5.74) is 6.12. The molecule has 0 aliphatic heterocycles. The Hall–Kier alpha value is -1.98. The number of aryl methyl sites for hydroxylation is 1. The molecule has 0 atom stereocenters. The summed E-state index contributed by atoms with van der Waals surface area (Å²) in [4.78, 5) is 25.4. The second kappa shape index (κ2) is 2.51. The van der Waals surface area contributed by atoms with Crippen molar-refractivity contribution in [1.82, 2.24) is 19.9 Å². The number of nitrogens with zero attached hydrogens (tertiary/aromatic N) is 3. The Labute approximate surface area is 72.9 Å². The van der Waals surface area contributed by atoms with Crippen LogP contribution >= 0.6 is 0 Å². The smallest absolute Gasteiger partial charge is 0.280 e. The van der Waals surface area contributed by atoms with E-state index in [2.05, 4.69) is 19.9 Å². The van der Waals surface area contributed by atoms with E-state index in [4.69, 9.17) is 5.73 Å². The molecule has 0 aliphatic rings. The number of hydrogen-bond donors (Lipinski definition) is 2. The molecule has 2 heterocycles. The highest BCUT2D eigenvalue weighted by molar-refractivity contribution is 5.68. The molecule has 0 aromatic carbocycles. The summed E-state index contributed by atoms with van der Waals surface area (Å²) in [5.74, 6) is 0.0515. The van der Waals surface area contributed by atoms with Crippen LogP contribution in [0.15, 0.2) is 11.0 Å². The highest BCUT2D eigenvalue weighted by Crippen LogP contribution is 2.01. The minimum Gasteiger partial charge on any atom is -0.369 e. The first-order valence-electron chi connectivity index (χ1n) is 3.66. The summed E-state index contributed by atoms with van der Waals surface area (Å²) in [6, 6.07) is 0. The number of rotatable bonds is 0. The minimum absolute atomic E-state index is 0.0515. The van der Waals surface area contributed by atoms with Crippen molar-refractivity contribution in [3.63, 3.8) is 0 Å². The predicted octanol–water partition coefficient (Wildman–Crippen LogP) is -0.396.